The first-order valence-corrected chi connectivity index (χ1v) is 9.51. The number of nitrogens with zero attached hydrogens (tertiary/aromatic N) is 4. The van der Waals surface area contributed by atoms with E-state index in [0.717, 1.165) is 22.2 Å². The van der Waals surface area contributed by atoms with Crippen LogP contribution in [0.4, 0.5) is 23.0 Å². The van der Waals surface area contributed by atoms with Crippen molar-refractivity contribution in [2.24, 2.45) is 0 Å². The van der Waals surface area contributed by atoms with Gasteiger partial charge in [-0.05, 0) is 42.8 Å². The third-order valence-electron chi connectivity index (χ3n) is 4.53. The molecule has 2 heterocycles. The second kappa shape index (κ2) is 8.30. The van der Waals surface area contributed by atoms with Crippen LogP contribution in [0, 0.1) is 17.0 Å². The number of fused-ring (bicyclic) bond motifs is 1. The lowest BCUT2D eigenvalue weighted by molar-refractivity contribution is -0.383. The molecule has 2 aromatic carbocycles. The fourth-order valence-electron chi connectivity index (χ4n) is 3.09. The highest BCUT2D eigenvalue weighted by molar-refractivity contribution is 6.31. The summed E-state index contributed by atoms with van der Waals surface area (Å²) in [6.07, 6.45) is 1.28. The molecule has 0 aliphatic carbocycles. The number of rotatable bonds is 6. The predicted octanol–water partition coefficient (Wildman–Crippen LogP) is 5.25. The molecule has 0 saturated heterocycles. The van der Waals surface area contributed by atoms with Crippen LogP contribution in [0.1, 0.15) is 11.3 Å². The average Bonchev–Trinajstić information content (AvgIpc) is 2.73. The summed E-state index contributed by atoms with van der Waals surface area (Å²) in [6.45, 7) is 2.19. The first-order chi connectivity index (χ1) is 14.5. The molecule has 9 heteroatoms. The van der Waals surface area contributed by atoms with Gasteiger partial charge in [0, 0.05) is 28.3 Å². The number of halogens is 1. The van der Waals surface area contributed by atoms with Gasteiger partial charge in [-0.2, -0.15) is 0 Å². The molecule has 30 heavy (non-hydrogen) atoms. The summed E-state index contributed by atoms with van der Waals surface area (Å²) in [5.41, 5.74) is 2.89. The quantitative estimate of drug-likeness (QED) is 0.324. The molecule has 0 aliphatic heterocycles. The van der Waals surface area contributed by atoms with Crippen molar-refractivity contribution in [3.63, 3.8) is 0 Å². The van der Waals surface area contributed by atoms with Crippen LogP contribution in [0.5, 0.6) is 0 Å². The Morgan fingerprint density at radius 2 is 1.83 bits per heavy atom. The molecule has 0 bridgehead atoms. The number of nitrogens with one attached hydrogen (secondary N) is 2. The molecule has 2 N–H and O–H groups in total. The second-order valence-corrected chi connectivity index (χ2v) is 6.98. The van der Waals surface area contributed by atoms with E-state index in [4.69, 9.17) is 11.6 Å². The third-order valence-corrected chi connectivity index (χ3v) is 4.90. The summed E-state index contributed by atoms with van der Waals surface area (Å²) < 4.78 is 0. The van der Waals surface area contributed by atoms with Crippen molar-refractivity contribution < 1.29 is 4.92 Å². The van der Waals surface area contributed by atoms with E-state index in [2.05, 4.69) is 25.6 Å². The van der Waals surface area contributed by atoms with Crippen LogP contribution in [0.2, 0.25) is 5.02 Å². The van der Waals surface area contributed by atoms with Gasteiger partial charge in [-0.25, -0.2) is 9.97 Å². The van der Waals surface area contributed by atoms with Gasteiger partial charge in [-0.15, -0.1) is 0 Å². The molecule has 8 nitrogen and oxygen atoms in total. The standard InChI is InChI=1S/C21H17ClN6O2/c1-13-9-10-15-17(26-13)7-4-8-18(15)27-21-19(28(29)30)20(24-12-25-21)23-11-14-5-2-3-6-16(14)22/h2-10,12H,11H2,1H3,(H2,23,24,25,27). The molecule has 0 spiro atoms. The van der Waals surface area contributed by atoms with Gasteiger partial charge in [-0.1, -0.05) is 35.9 Å². The van der Waals surface area contributed by atoms with E-state index in [9.17, 15) is 10.1 Å². The number of pyridine rings is 1. The van der Waals surface area contributed by atoms with Crippen LogP contribution in [-0.2, 0) is 6.54 Å². The van der Waals surface area contributed by atoms with Crippen molar-refractivity contribution in [3.8, 4) is 0 Å². The van der Waals surface area contributed by atoms with Crippen LogP contribution >= 0.6 is 11.6 Å². The topological polar surface area (TPSA) is 106 Å². The van der Waals surface area contributed by atoms with Gasteiger partial charge in [0.2, 0.25) is 11.6 Å². The third kappa shape index (κ3) is 3.99. The summed E-state index contributed by atoms with van der Waals surface area (Å²) in [7, 11) is 0. The number of hydrogen-bond acceptors (Lipinski definition) is 7. The Hall–Kier alpha value is -3.78. The Labute approximate surface area is 177 Å². The molecule has 0 fully saturated rings. The van der Waals surface area contributed by atoms with Crippen molar-refractivity contribution in [2.45, 2.75) is 13.5 Å². The molecule has 0 amide bonds. The Kier molecular flexibility index (Phi) is 5.40. The second-order valence-electron chi connectivity index (χ2n) is 6.57. The predicted molar refractivity (Wildman–Crippen MR) is 117 cm³/mol. The van der Waals surface area contributed by atoms with Gasteiger partial charge in [0.25, 0.3) is 0 Å². The zero-order chi connectivity index (χ0) is 21.1. The van der Waals surface area contributed by atoms with Crippen molar-refractivity contribution in [1.82, 2.24) is 15.0 Å². The lowest BCUT2D eigenvalue weighted by atomic mass is 10.1. The number of anilines is 3. The Morgan fingerprint density at radius 1 is 1.03 bits per heavy atom. The van der Waals surface area contributed by atoms with Crippen molar-refractivity contribution in [2.75, 3.05) is 10.6 Å². The number of benzene rings is 2. The maximum Gasteiger partial charge on any atom is 0.353 e. The minimum atomic E-state index is -0.509. The summed E-state index contributed by atoms with van der Waals surface area (Å²) in [5, 5.41) is 19.3. The van der Waals surface area contributed by atoms with Gasteiger partial charge in [0.15, 0.2) is 0 Å². The highest BCUT2D eigenvalue weighted by atomic mass is 35.5. The smallest absolute Gasteiger partial charge is 0.353 e. The summed E-state index contributed by atoms with van der Waals surface area (Å²) in [4.78, 5) is 24.0. The van der Waals surface area contributed by atoms with Crippen LogP contribution < -0.4 is 10.6 Å². The van der Waals surface area contributed by atoms with Crippen LogP contribution in [-0.4, -0.2) is 19.9 Å². The van der Waals surface area contributed by atoms with Crippen molar-refractivity contribution >= 4 is 45.5 Å². The van der Waals surface area contributed by atoms with Gasteiger partial charge in [0.1, 0.15) is 6.33 Å². The van der Waals surface area contributed by atoms with Crippen molar-refractivity contribution in [3.05, 3.63) is 87.3 Å². The molecule has 0 unspecified atom stereocenters. The first-order valence-electron chi connectivity index (χ1n) is 9.13. The monoisotopic (exact) mass is 420 g/mol. The molecule has 4 rings (SSSR count). The zero-order valence-corrected chi connectivity index (χ0v) is 16.7. The molecular formula is C21H17ClN6O2. The largest absolute Gasteiger partial charge is 0.360 e. The van der Waals surface area contributed by atoms with Crippen LogP contribution in [0.15, 0.2) is 60.9 Å². The van der Waals surface area contributed by atoms with Gasteiger partial charge in [-0.3, -0.25) is 15.1 Å². The number of nitro groups is 1. The Balaban J connectivity index is 1.68. The minimum Gasteiger partial charge on any atom is -0.360 e. The zero-order valence-electron chi connectivity index (χ0n) is 16.0. The Bertz CT molecular complexity index is 1250. The van der Waals surface area contributed by atoms with E-state index in [-0.39, 0.29) is 23.9 Å². The molecule has 0 saturated carbocycles. The summed E-state index contributed by atoms with van der Waals surface area (Å²) in [5.74, 6) is 0.191. The maximum atomic E-state index is 11.8. The number of aryl methyl sites for hydroxylation is 1. The van der Waals surface area contributed by atoms with Gasteiger partial charge in [0.05, 0.1) is 10.4 Å². The van der Waals surface area contributed by atoms with E-state index in [0.29, 0.717) is 10.7 Å². The van der Waals surface area contributed by atoms with E-state index in [1.165, 1.54) is 6.33 Å². The van der Waals surface area contributed by atoms with Gasteiger partial charge < -0.3 is 10.6 Å². The Morgan fingerprint density at radius 3 is 2.63 bits per heavy atom. The van der Waals surface area contributed by atoms with E-state index >= 15 is 0 Å². The lowest BCUT2D eigenvalue weighted by Gasteiger charge is -2.12. The summed E-state index contributed by atoms with van der Waals surface area (Å²) in [6, 6.07) is 16.6. The molecule has 4 aromatic rings. The first kappa shape index (κ1) is 19.5. The number of hydrogen-bond donors (Lipinski definition) is 2. The maximum absolute atomic E-state index is 11.8. The minimum absolute atomic E-state index is 0.0877. The molecule has 0 aliphatic rings. The van der Waals surface area contributed by atoms with E-state index in [1.54, 1.807) is 6.07 Å². The van der Waals surface area contributed by atoms with Crippen LogP contribution in [0.3, 0.4) is 0 Å². The number of aromatic nitrogens is 3. The average molecular weight is 421 g/mol. The SMILES string of the molecule is Cc1ccc2c(Nc3ncnc(NCc4ccccc4Cl)c3[N+](=O)[O-])cccc2n1. The van der Waals surface area contributed by atoms with E-state index in [1.807, 2.05) is 55.5 Å². The molecule has 0 atom stereocenters. The van der Waals surface area contributed by atoms with E-state index < -0.39 is 4.92 Å². The van der Waals surface area contributed by atoms with Crippen molar-refractivity contribution in [1.29, 1.82) is 0 Å². The van der Waals surface area contributed by atoms with Crippen LogP contribution in [0.25, 0.3) is 10.9 Å². The molecule has 150 valence electrons. The summed E-state index contributed by atoms with van der Waals surface area (Å²) >= 11 is 6.17. The fourth-order valence-corrected chi connectivity index (χ4v) is 3.29. The highest BCUT2D eigenvalue weighted by Crippen LogP contribution is 2.33. The molecule has 0 radical (unpaired) electrons. The van der Waals surface area contributed by atoms with Gasteiger partial charge >= 0.3 is 5.69 Å². The lowest BCUT2D eigenvalue weighted by Crippen LogP contribution is -2.08. The normalized spacial score (nSPS) is 10.7. The molecular weight excluding hydrogens is 404 g/mol. The highest BCUT2D eigenvalue weighted by Gasteiger charge is 2.23. The molecule has 2 aromatic heterocycles. The fraction of sp³-hybridized carbons (Fsp3) is 0.0952.